The Balaban J connectivity index is 2.36. The number of carbonyl (C=O) groups is 1. The van der Waals surface area contributed by atoms with Gasteiger partial charge in [0.15, 0.2) is 0 Å². The molecule has 0 fully saturated rings. The molecule has 1 atom stereocenters. The summed E-state index contributed by atoms with van der Waals surface area (Å²) in [5.74, 6) is -0.397. The SMILES string of the molecule is CS(=O)(=NC=C(C#N)C(=O)c1cccs1)c1ccsc1. The van der Waals surface area contributed by atoms with Crippen LogP contribution in [0.25, 0.3) is 0 Å². The molecule has 0 aromatic carbocycles. The molecule has 0 spiro atoms. The molecule has 0 bridgehead atoms. The first kappa shape index (κ1) is 14.7. The first-order valence-electron chi connectivity index (χ1n) is 5.46. The lowest BCUT2D eigenvalue weighted by atomic mass is 10.2. The Kier molecular flexibility index (Phi) is 4.49. The molecule has 2 aromatic heterocycles. The summed E-state index contributed by atoms with van der Waals surface area (Å²) < 4.78 is 16.3. The van der Waals surface area contributed by atoms with Crippen molar-refractivity contribution >= 4 is 38.2 Å². The summed E-state index contributed by atoms with van der Waals surface area (Å²) in [6, 6.07) is 6.90. The van der Waals surface area contributed by atoms with E-state index in [1.807, 2.05) is 6.07 Å². The van der Waals surface area contributed by atoms with E-state index in [0.717, 1.165) is 6.20 Å². The van der Waals surface area contributed by atoms with E-state index in [1.54, 1.807) is 34.3 Å². The number of ketones is 1. The highest BCUT2D eigenvalue weighted by molar-refractivity contribution is 7.93. The molecule has 0 aliphatic rings. The van der Waals surface area contributed by atoms with Gasteiger partial charge in [-0.15, -0.1) is 11.3 Å². The molecule has 2 aromatic rings. The Morgan fingerprint density at radius 1 is 1.45 bits per heavy atom. The lowest BCUT2D eigenvalue weighted by molar-refractivity contribution is 0.104. The minimum atomic E-state index is -2.62. The number of Topliss-reactive ketones (excluding diaryl/α,β-unsaturated/α-hetero) is 1. The number of thiophene rings is 2. The van der Waals surface area contributed by atoms with Crippen LogP contribution < -0.4 is 0 Å². The normalized spacial score (nSPS) is 14.3. The smallest absolute Gasteiger partial charge is 0.215 e. The molecule has 4 nitrogen and oxygen atoms in total. The van der Waals surface area contributed by atoms with Gasteiger partial charge < -0.3 is 0 Å². The summed E-state index contributed by atoms with van der Waals surface area (Å²) in [6.45, 7) is 0. The third kappa shape index (κ3) is 3.22. The molecule has 102 valence electrons. The van der Waals surface area contributed by atoms with Crippen molar-refractivity contribution in [2.75, 3.05) is 6.26 Å². The van der Waals surface area contributed by atoms with E-state index in [2.05, 4.69) is 4.36 Å². The van der Waals surface area contributed by atoms with E-state index < -0.39 is 15.5 Å². The van der Waals surface area contributed by atoms with Crippen LogP contribution in [-0.2, 0) is 9.73 Å². The summed E-state index contributed by atoms with van der Waals surface area (Å²) in [7, 11) is -2.62. The lowest BCUT2D eigenvalue weighted by Crippen LogP contribution is -2.00. The Morgan fingerprint density at radius 3 is 2.80 bits per heavy atom. The van der Waals surface area contributed by atoms with Gasteiger partial charge in [-0.2, -0.15) is 16.6 Å². The van der Waals surface area contributed by atoms with Crippen LogP contribution in [0.2, 0.25) is 0 Å². The molecule has 0 aliphatic carbocycles. The minimum Gasteiger partial charge on any atom is -0.287 e. The highest BCUT2D eigenvalue weighted by atomic mass is 32.2. The van der Waals surface area contributed by atoms with E-state index in [4.69, 9.17) is 5.26 Å². The van der Waals surface area contributed by atoms with Crippen molar-refractivity contribution in [3.8, 4) is 6.07 Å². The zero-order chi connectivity index (χ0) is 14.6. The molecule has 0 aliphatic heterocycles. The Labute approximate surface area is 125 Å². The molecule has 0 saturated carbocycles. The van der Waals surface area contributed by atoms with E-state index in [9.17, 15) is 9.00 Å². The Hall–Kier alpha value is -1.75. The molecule has 20 heavy (non-hydrogen) atoms. The van der Waals surface area contributed by atoms with Crippen molar-refractivity contribution in [1.82, 2.24) is 0 Å². The zero-order valence-corrected chi connectivity index (χ0v) is 12.9. The van der Waals surface area contributed by atoms with Gasteiger partial charge >= 0.3 is 0 Å². The summed E-state index contributed by atoms with van der Waals surface area (Å²) in [4.78, 5) is 13.1. The number of hydrogen-bond donors (Lipinski definition) is 0. The van der Waals surface area contributed by atoms with Crippen LogP contribution in [0.4, 0.5) is 0 Å². The van der Waals surface area contributed by atoms with Gasteiger partial charge in [0, 0.05) is 11.6 Å². The highest BCUT2D eigenvalue weighted by Crippen LogP contribution is 2.17. The predicted octanol–water partition coefficient (Wildman–Crippen LogP) is 3.56. The van der Waals surface area contributed by atoms with Crippen LogP contribution >= 0.6 is 22.7 Å². The number of rotatable bonds is 4. The van der Waals surface area contributed by atoms with Gasteiger partial charge in [-0.3, -0.25) is 4.79 Å². The minimum absolute atomic E-state index is 0.114. The lowest BCUT2D eigenvalue weighted by Gasteiger charge is -1.98. The van der Waals surface area contributed by atoms with Crippen molar-refractivity contribution in [1.29, 1.82) is 5.26 Å². The van der Waals surface area contributed by atoms with Crippen molar-refractivity contribution in [3.63, 3.8) is 0 Å². The molecular weight excluding hydrogens is 312 g/mol. The van der Waals surface area contributed by atoms with Crippen molar-refractivity contribution in [3.05, 3.63) is 51.0 Å². The molecule has 0 saturated heterocycles. The van der Waals surface area contributed by atoms with E-state index >= 15 is 0 Å². The first-order chi connectivity index (χ1) is 9.54. The van der Waals surface area contributed by atoms with Gasteiger partial charge in [0.2, 0.25) is 5.78 Å². The van der Waals surface area contributed by atoms with Gasteiger partial charge in [0.1, 0.15) is 11.6 Å². The maximum atomic E-state index is 12.4. The maximum Gasteiger partial charge on any atom is 0.215 e. The molecule has 1 unspecified atom stereocenters. The fourth-order valence-electron chi connectivity index (χ4n) is 1.36. The molecule has 0 radical (unpaired) electrons. The average molecular weight is 322 g/mol. The maximum absolute atomic E-state index is 12.4. The van der Waals surface area contributed by atoms with E-state index in [0.29, 0.717) is 9.77 Å². The summed E-state index contributed by atoms with van der Waals surface area (Å²) >= 11 is 2.67. The number of hydrogen-bond acceptors (Lipinski definition) is 6. The number of nitriles is 1. The second kappa shape index (κ2) is 6.13. The van der Waals surface area contributed by atoms with Crippen LogP contribution in [0.3, 0.4) is 0 Å². The third-order valence-corrected chi connectivity index (χ3v) is 5.76. The van der Waals surface area contributed by atoms with E-state index in [1.165, 1.54) is 28.9 Å². The zero-order valence-electron chi connectivity index (χ0n) is 10.5. The number of allylic oxidation sites excluding steroid dienone is 1. The van der Waals surface area contributed by atoms with Crippen LogP contribution in [-0.4, -0.2) is 16.2 Å². The second-order valence-electron chi connectivity index (χ2n) is 3.83. The Bertz CT molecular complexity index is 787. The number of carbonyl (C=O) groups excluding carboxylic acids is 1. The fraction of sp³-hybridized carbons (Fsp3) is 0.0769. The highest BCUT2D eigenvalue weighted by Gasteiger charge is 2.13. The molecular formula is C13H10N2O2S3. The topological polar surface area (TPSA) is 70.3 Å². The monoisotopic (exact) mass is 322 g/mol. The fourth-order valence-corrected chi connectivity index (χ4v) is 4.27. The molecule has 0 amide bonds. The van der Waals surface area contributed by atoms with E-state index in [-0.39, 0.29) is 5.57 Å². The van der Waals surface area contributed by atoms with Crippen molar-refractivity contribution in [2.24, 2.45) is 4.36 Å². The van der Waals surface area contributed by atoms with Crippen LogP contribution in [0.5, 0.6) is 0 Å². The van der Waals surface area contributed by atoms with Gasteiger partial charge in [-0.25, -0.2) is 8.57 Å². The second-order valence-corrected chi connectivity index (χ2v) is 7.84. The van der Waals surface area contributed by atoms with Crippen LogP contribution in [0.15, 0.2) is 55.4 Å². The van der Waals surface area contributed by atoms with Crippen LogP contribution in [0, 0.1) is 11.3 Å². The van der Waals surface area contributed by atoms with Crippen LogP contribution in [0.1, 0.15) is 9.67 Å². The molecule has 2 rings (SSSR count). The predicted molar refractivity (Wildman–Crippen MR) is 81.4 cm³/mol. The van der Waals surface area contributed by atoms with Gasteiger partial charge in [-0.1, -0.05) is 6.07 Å². The van der Waals surface area contributed by atoms with Crippen molar-refractivity contribution < 1.29 is 9.00 Å². The van der Waals surface area contributed by atoms with Gasteiger partial charge in [0.05, 0.1) is 25.7 Å². The summed E-state index contributed by atoms with van der Waals surface area (Å²) in [5.41, 5.74) is -0.114. The molecule has 7 heteroatoms. The summed E-state index contributed by atoms with van der Waals surface area (Å²) in [6.07, 6.45) is 2.60. The quantitative estimate of drug-likeness (QED) is 0.491. The summed E-state index contributed by atoms with van der Waals surface area (Å²) in [5, 5.41) is 14.3. The largest absolute Gasteiger partial charge is 0.287 e. The average Bonchev–Trinajstić information content (AvgIpc) is 3.12. The molecule has 2 heterocycles. The third-order valence-electron chi connectivity index (χ3n) is 2.43. The Morgan fingerprint density at radius 2 is 2.25 bits per heavy atom. The first-order valence-corrected chi connectivity index (χ1v) is 9.21. The van der Waals surface area contributed by atoms with Crippen molar-refractivity contribution in [2.45, 2.75) is 4.90 Å². The standard InChI is InChI=1S/C13H10N2O2S3/c1-20(17,11-4-6-18-9-11)15-8-10(7-14)13(16)12-3-2-5-19-12/h2-6,8-9H,1H3. The van der Waals surface area contributed by atoms with Gasteiger partial charge in [0.25, 0.3) is 0 Å². The van der Waals surface area contributed by atoms with Gasteiger partial charge in [-0.05, 0) is 22.9 Å². The number of nitrogens with zero attached hydrogens (tertiary/aromatic N) is 2. The molecule has 0 N–H and O–H groups in total.